The monoisotopic (exact) mass is 412 g/mol. The molecule has 7 heteroatoms. The number of nitrogens with zero attached hydrogens (tertiary/aromatic N) is 1. The molecule has 0 saturated heterocycles. The lowest BCUT2D eigenvalue weighted by Gasteiger charge is -2.30. The Bertz CT molecular complexity index is 883. The predicted octanol–water partition coefficient (Wildman–Crippen LogP) is 3.75. The maximum absolute atomic E-state index is 12.6. The van der Waals surface area contributed by atoms with Gasteiger partial charge < -0.3 is 19.7 Å². The average molecular weight is 412 g/mol. The molecule has 0 aliphatic carbocycles. The van der Waals surface area contributed by atoms with Gasteiger partial charge in [-0.2, -0.15) is 0 Å². The third kappa shape index (κ3) is 5.83. The van der Waals surface area contributed by atoms with E-state index < -0.39 is 5.97 Å². The van der Waals surface area contributed by atoms with Gasteiger partial charge in [0.1, 0.15) is 5.75 Å². The minimum atomic E-state index is -0.679. The number of para-hydroxylation sites is 1. The van der Waals surface area contributed by atoms with Crippen LogP contribution in [-0.4, -0.2) is 48.5 Å². The minimum absolute atomic E-state index is 0.00715. The van der Waals surface area contributed by atoms with Gasteiger partial charge in [-0.1, -0.05) is 12.1 Å². The lowest BCUT2D eigenvalue weighted by atomic mass is 10.1. The summed E-state index contributed by atoms with van der Waals surface area (Å²) in [4.78, 5) is 39.2. The second kappa shape index (κ2) is 10.4. The fourth-order valence-corrected chi connectivity index (χ4v) is 3.16. The third-order valence-electron chi connectivity index (χ3n) is 4.47. The van der Waals surface area contributed by atoms with Crippen LogP contribution >= 0.6 is 0 Å². The van der Waals surface area contributed by atoms with E-state index in [1.54, 1.807) is 60.5 Å². The van der Waals surface area contributed by atoms with Gasteiger partial charge in [-0.25, -0.2) is 4.79 Å². The van der Waals surface area contributed by atoms with Gasteiger partial charge in [0.2, 0.25) is 0 Å². The summed E-state index contributed by atoms with van der Waals surface area (Å²) < 4.78 is 10.3. The van der Waals surface area contributed by atoms with E-state index in [-0.39, 0.29) is 36.1 Å². The fraction of sp³-hybridized carbons (Fsp3) is 0.348. The van der Waals surface area contributed by atoms with Gasteiger partial charge in [0.25, 0.3) is 11.8 Å². The number of nitrogens with one attached hydrogen (secondary N) is 1. The highest BCUT2D eigenvalue weighted by Crippen LogP contribution is 2.19. The molecule has 30 heavy (non-hydrogen) atoms. The van der Waals surface area contributed by atoms with Gasteiger partial charge in [-0.3, -0.25) is 9.59 Å². The zero-order chi connectivity index (χ0) is 22.3. The van der Waals surface area contributed by atoms with Crippen LogP contribution in [0.4, 0.5) is 5.69 Å². The normalized spacial score (nSPS) is 10.6. The SMILES string of the molecule is COc1ccc(C(=O)Nc2ccccc2C(=O)OCC(=O)N(C(C)C)C(C)C)cc1. The summed E-state index contributed by atoms with van der Waals surface area (Å²) in [6.07, 6.45) is 0. The molecule has 0 aliphatic rings. The molecule has 1 N–H and O–H groups in total. The molecule has 0 heterocycles. The number of hydrogen-bond donors (Lipinski definition) is 1. The molecule has 0 fully saturated rings. The lowest BCUT2D eigenvalue weighted by molar-refractivity contribution is -0.138. The van der Waals surface area contributed by atoms with Crippen LogP contribution in [0.5, 0.6) is 5.75 Å². The second-order valence-electron chi connectivity index (χ2n) is 7.29. The summed E-state index contributed by atoms with van der Waals surface area (Å²) >= 11 is 0. The first kappa shape index (κ1) is 22.9. The number of hydrogen-bond acceptors (Lipinski definition) is 5. The zero-order valence-electron chi connectivity index (χ0n) is 18.0. The topological polar surface area (TPSA) is 84.9 Å². The Kier molecular flexibility index (Phi) is 7.98. The summed E-state index contributed by atoms with van der Waals surface area (Å²) in [6.45, 7) is 7.26. The number of rotatable bonds is 8. The van der Waals surface area contributed by atoms with Gasteiger partial charge in [0, 0.05) is 17.6 Å². The van der Waals surface area contributed by atoms with E-state index in [9.17, 15) is 14.4 Å². The largest absolute Gasteiger partial charge is 0.497 e. The van der Waals surface area contributed by atoms with Crippen LogP contribution in [0.1, 0.15) is 48.4 Å². The Morgan fingerprint density at radius 1 is 0.933 bits per heavy atom. The number of carbonyl (C=O) groups is 3. The third-order valence-corrected chi connectivity index (χ3v) is 4.47. The summed E-state index contributed by atoms with van der Waals surface area (Å²) in [5.41, 5.74) is 0.895. The Morgan fingerprint density at radius 2 is 1.53 bits per heavy atom. The maximum Gasteiger partial charge on any atom is 0.340 e. The maximum atomic E-state index is 12.6. The van der Waals surface area contributed by atoms with E-state index in [2.05, 4.69) is 5.32 Å². The molecule has 7 nitrogen and oxygen atoms in total. The molecule has 2 aromatic rings. The lowest BCUT2D eigenvalue weighted by Crippen LogP contribution is -2.44. The van der Waals surface area contributed by atoms with Crippen molar-refractivity contribution in [2.75, 3.05) is 19.0 Å². The molecule has 2 rings (SSSR count). The zero-order valence-corrected chi connectivity index (χ0v) is 18.0. The molecule has 0 aromatic heterocycles. The van der Waals surface area contributed by atoms with E-state index in [0.29, 0.717) is 17.0 Å². The van der Waals surface area contributed by atoms with Gasteiger partial charge in [-0.15, -0.1) is 0 Å². The van der Waals surface area contributed by atoms with Crippen LogP contribution in [-0.2, 0) is 9.53 Å². The summed E-state index contributed by atoms with van der Waals surface area (Å²) in [6, 6.07) is 13.1. The van der Waals surface area contributed by atoms with Gasteiger partial charge in [0.05, 0.1) is 18.4 Å². The van der Waals surface area contributed by atoms with Crippen molar-refractivity contribution < 1.29 is 23.9 Å². The number of methoxy groups -OCH3 is 1. The number of benzene rings is 2. The molecule has 2 aromatic carbocycles. The van der Waals surface area contributed by atoms with E-state index in [4.69, 9.17) is 9.47 Å². The summed E-state index contributed by atoms with van der Waals surface area (Å²) in [5.74, 6) is -0.689. The molecule has 160 valence electrons. The predicted molar refractivity (Wildman–Crippen MR) is 115 cm³/mol. The number of esters is 1. The molecule has 0 saturated carbocycles. The van der Waals surface area contributed by atoms with Crippen molar-refractivity contribution >= 4 is 23.5 Å². The highest BCUT2D eigenvalue weighted by molar-refractivity contribution is 6.08. The summed E-state index contributed by atoms with van der Waals surface area (Å²) in [7, 11) is 1.54. The van der Waals surface area contributed by atoms with Crippen molar-refractivity contribution in [3.05, 3.63) is 59.7 Å². The van der Waals surface area contributed by atoms with Crippen LogP contribution in [0.25, 0.3) is 0 Å². The van der Waals surface area contributed by atoms with Crippen molar-refractivity contribution in [3.63, 3.8) is 0 Å². The molecule has 0 aliphatic heterocycles. The Hall–Kier alpha value is -3.35. The van der Waals surface area contributed by atoms with E-state index in [0.717, 1.165) is 0 Å². The number of anilines is 1. The minimum Gasteiger partial charge on any atom is -0.497 e. The highest BCUT2D eigenvalue weighted by atomic mass is 16.5. The average Bonchev–Trinajstić information content (AvgIpc) is 2.72. The van der Waals surface area contributed by atoms with Crippen molar-refractivity contribution in [2.24, 2.45) is 0 Å². The molecular formula is C23H28N2O5. The Morgan fingerprint density at radius 3 is 2.10 bits per heavy atom. The number of amides is 2. The van der Waals surface area contributed by atoms with Crippen molar-refractivity contribution in [1.82, 2.24) is 4.90 Å². The summed E-state index contributed by atoms with van der Waals surface area (Å²) in [5, 5.41) is 2.72. The second-order valence-corrected chi connectivity index (χ2v) is 7.29. The first-order chi connectivity index (χ1) is 14.2. The molecular weight excluding hydrogens is 384 g/mol. The standard InChI is InChI=1S/C23H28N2O5/c1-15(2)25(16(3)4)21(26)14-30-23(28)19-8-6-7-9-20(19)24-22(27)17-10-12-18(29-5)13-11-17/h6-13,15-16H,14H2,1-5H3,(H,24,27). The van der Waals surface area contributed by atoms with Crippen LogP contribution in [0.3, 0.4) is 0 Å². The smallest absolute Gasteiger partial charge is 0.340 e. The van der Waals surface area contributed by atoms with Crippen LogP contribution < -0.4 is 10.1 Å². The van der Waals surface area contributed by atoms with Crippen LogP contribution in [0, 0.1) is 0 Å². The van der Waals surface area contributed by atoms with E-state index in [1.807, 2.05) is 27.7 Å². The Labute approximate surface area is 177 Å². The highest BCUT2D eigenvalue weighted by Gasteiger charge is 2.22. The van der Waals surface area contributed by atoms with E-state index >= 15 is 0 Å². The fourth-order valence-electron chi connectivity index (χ4n) is 3.16. The van der Waals surface area contributed by atoms with Crippen LogP contribution in [0.2, 0.25) is 0 Å². The first-order valence-electron chi connectivity index (χ1n) is 9.77. The van der Waals surface area contributed by atoms with Gasteiger partial charge in [-0.05, 0) is 64.1 Å². The molecule has 0 bridgehead atoms. The number of ether oxygens (including phenoxy) is 2. The molecule has 0 spiro atoms. The molecule has 2 amide bonds. The van der Waals surface area contributed by atoms with Crippen LogP contribution in [0.15, 0.2) is 48.5 Å². The molecule has 0 atom stereocenters. The molecule has 0 radical (unpaired) electrons. The Balaban J connectivity index is 2.09. The molecule has 0 unspecified atom stereocenters. The number of carbonyl (C=O) groups excluding carboxylic acids is 3. The quantitative estimate of drug-likeness (QED) is 0.668. The van der Waals surface area contributed by atoms with Crippen molar-refractivity contribution in [3.8, 4) is 5.75 Å². The first-order valence-corrected chi connectivity index (χ1v) is 9.77. The van der Waals surface area contributed by atoms with Crippen molar-refractivity contribution in [1.29, 1.82) is 0 Å². The van der Waals surface area contributed by atoms with Crippen molar-refractivity contribution in [2.45, 2.75) is 39.8 Å². The van der Waals surface area contributed by atoms with Gasteiger partial charge in [0.15, 0.2) is 6.61 Å². The van der Waals surface area contributed by atoms with Gasteiger partial charge >= 0.3 is 5.97 Å². The van der Waals surface area contributed by atoms with E-state index in [1.165, 1.54) is 0 Å².